The lowest BCUT2D eigenvalue weighted by Gasteiger charge is -2.16. The van der Waals surface area contributed by atoms with Crippen LogP contribution in [0.15, 0.2) is 48.5 Å². The van der Waals surface area contributed by atoms with E-state index in [1.54, 1.807) is 0 Å². The zero-order valence-electron chi connectivity index (χ0n) is 14.2. The molecule has 5 nitrogen and oxygen atoms in total. The van der Waals surface area contributed by atoms with Gasteiger partial charge in [-0.05, 0) is 37.1 Å². The van der Waals surface area contributed by atoms with Crippen LogP contribution in [0.5, 0.6) is 0 Å². The van der Waals surface area contributed by atoms with Crippen molar-refractivity contribution in [2.45, 2.75) is 26.8 Å². The van der Waals surface area contributed by atoms with Crippen LogP contribution in [0, 0.1) is 6.92 Å². The number of carbonyl (C=O) groups excluding carboxylic acids is 2. The third-order valence-corrected chi connectivity index (χ3v) is 3.60. The van der Waals surface area contributed by atoms with E-state index in [9.17, 15) is 9.59 Å². The summed E-state index contributed by atoms with van der Waals surface area (Å²) in [5.74, 6) is -0.259. The van der Waals surface area contributed by atoms with Gasteiger partial charge in [0.05, 0.1) is 24.0 Å². The van der Waals surface area contributed by atoms with Crippen molar-refractivity contribution in [3.8, 4) is 0 Å². The molecule has 3 N–H and O–H groups in total. The molecule has 24 heavy (non-hydrogen) atoms. The van der Waals surface area contributed by atoms with E-state index in [0.29, 0.717) is 5.69 Å². The smallest absolute Gasteiger partial charge is 0.239 e. The first-order chi connectivity index (χ1) is 11.5. The third kappa shape index (κ3) is 5.12. The van der Waals surface area contributed by atoms with Crippen LogP contribution in [0.3, 0.4) is 0 Å². The Morgan fingerprint density at radius 1 is 1.04 bits per heavy atom. The second kappa shape index (κ2) is 8.15. The summed E-state index contributed by atoms with van der Waals surface area (Å²) >= 11 is 0. The first kappa shape index (κ1) is 17.5. The zero-order chi connectivity index (χ0) is 17.5. The molecule has 0 saturated heterocycles. The van der Waals surface area contributed by atoms with Crippen molar-refractivity contribution in [2.75, 3.05) is 17.2 Å². The topological polar surface area (TPSA) is 70.2 Å². The lowest BCUT2D eigenvalue weighted by atomic mass is 10.1. The van der Waals surface area contributed by atoms with Crippen LogP contribution in [0.25, 0.3) is 0 Å². The Balaban J connectivity index is 1.96. The number of carbonyl (C=O) groups is 2. The van der Waals surface area contributed by atoms with Crippen LogP contribution in [0.4, 0.5) is 11.4 Å². The SMILES string of the molecule is CC(=O)Nc1ccc(C)cc1NCC(=O)NC(C)c1ccccc1. The summed E-state index contributed by atoms with van der Waals surface area (Å²) in [5, 5.41) is 8.80. The largest absolute Gasteiger partial charge is 0.374 e. The minimum atomic E-state index is -0.149. The van der Waals surface area contributed by atoms with Gasteiger partial charge in [0, 0.05) is 6.92 Å². The highest BCUT2D eigenvalue weighted by Gasteiger charge is 2.10. The van der Waals surface area contributed by atoms with Crippen molar-refractivity contribution in [1.29, 1.82) is 0 Å². The number of hydrogen-bond donors (Lipinski definition) is 3. The maximum absolute atomic E-state index is 12.2. The number of benzene rings is 2. The van der Waals surface area contributed by atoms with Gasteiger partial charge >= 0.3 is 0 Å². The molecule has 126 valence electrons. The number of aryl methyl sites for hydroxylation is 1. The minimum absolute atomic E-state index is 0.0622. The highest BCUT2D eigenvalue weighted by molar-refractivity contribution is 5.93. The Labute approximate surface area is 142 Å². The first-order valence-electron chi connectivity index (χ1n) is 7.92. The van der Waals surface area contributed by atoms with E-state index in [2.05, 4.69) is 16.0 Å². The normalized spacial score (nSPS) is 11.5. The molecule has 0 saturated carbocycles. The molecule has 1 atom stereocenters. The highest BCUT2D eigenvalue weighted by Crippen LogP contribution is 2.23. The van der Waals surface area contributed by atoms with Gasteiger partial charge in [0.1, 0.15) is 0 Å². The Morgan fingerprint density at radius 3 is 2.42 bits per heavy atom. The van der Waals surface area contributed by atoms with Crippen LogP contribution >= 0.6 is 0 Å². The lowest BCUT2D eigenvalue weighted by Crippen LogP contribution is -2.32. The monoisotopic (exact) mass is 325 g/mol. The summed E-state index contributed by atoms with van der Waals surface area (Å²) in [4.78, 5) is 23.4. The van der Waals surface area contributed by atoms with Gasteiger partial charge in [-0.2, -0.15) is 0 Å². The van der Waals surface area contributed by atoms with Gasteiger partial charge in [-0.25, -0.2) is 0 Å². The van der Waals surface area contributed by atoms with Crippen molar-refractivity contribution >= 4 is 23.2 Å². The van der Waals surface area contributed by atoms with Gasteiger partial charge in [0.15, 0.2) is 0 Å². The molecule has 0 fully saturated rings. The lowest BCUT2D eigenvalue weighted by molar-refractivity contribution is -0.120. The van der Waals surface area contributed by atoms with Gasteiger partial charge in [0.25, 0.3) is 0 Å². The second-order valence-corrected chi connectivity index (χ2v) is 5.78. The van der Waals surface area contributed by atoms with Crippen LogP contribution in [0.1, 0.15) is 31.0 Å². The van der Waals surface area contributed by atoms with Crippen LogP contribution in [-0.4, -0.2) is 18.4 Å². The van der Waals surface area contributed by atoms with E-state index in [0.717, 1.165) is 16.8 Å². The third-order valence-electron chi connectivity index (χ3n) is 3.60. The first-order valence-corrected chi connectivity index (χ1v) is 7.92. The average Bonchev–Trinajstić information content (AvgIpc) is 2.55. The van der Waals surface area contributed by atoms with Crippen molar-refractivity contribution in [2.24, 2.45) is 0 Å². The number of rotatable bonds is 6. The molecular formula is C19H23N3O2. The number of anilines is 2. The summed E-state index contributed by atoms with van der Waals surface area (Å²) in [6.07, 6.45) is 0. The van der Waals surface area contributed by atoms with E-state index < -0.39 is 0 Å². The Kier molecular flexibility index (Phi) is 5.95. The average molecular weight is 325 g/mol. The molecule has 2 aromatic carbocycles. The maximum atomic E-state index is 12.2. The van der Waals surface area contributed by atoms with Gasteiger partial charge < -0.3 is 16.0 Å². The fraction of sp³-hybridized carbons (Fsp3) is 0.263. The predicted molar refractivity (Wildman–Crippen MR) is 97.0 cm³/mol. The summed E-state index contributed by atoms with van der Waals surface area (Å²) in [7, 11) is 0. The van der Waals surface area contributed by atoms with Crippen molar-refractivity contribution in [3.05, 3.63) is 59.7 Å². The Hall–Kier alpha value is -2.82. The fourth-order valence-electron chi connectivity index (χ4n) is 2.40. The van der Waals surface area contributed by atoms with Gasteiger partial charge in [0.2, 0.25) is 11.8 Å². The van der Waals surface area contributed by atoms with Crippen molar-refractivity contribution in [1.82, 2.24) is 5.32 Å². The molecule has 0 heterocycles. The molecule has 0 bridgehead atoms. The molecule has 0 aromatic heterocycles. The van der Waals surface area contributed by atoms with E-state index >= 15 is 0 Å². The minimum Gasteiger partial charge on any atom is -0.374 e. The summed E-state index contributed by atoms with van der Waals surface area (Å²) in [6, 6.07) is 15.4. The maximum Gasteiger partial charge on any atom is 0.239 e. The molecule has 2 aromatic rings. The molecule has 0 radical (unpaired) electrons. The van der Waals surface area contributed by atoms with Crippen LogP contribution < -0.4 is 16.0 Å². The van der Waals surface area contributed by atoms with Gasteiger partial charge in [-0.15, -0.1) is 0 Å². The van der Waals surface area contributed by atoms with E-state index in [1.165, 1.54) is 6.92 Å². The standard InChI is InChI=1S/C19H23N3O2/c1-13-9-10-17(22-15(3)23)18(11-13)20-12-19(24)21-14(2)16-7-5-4-6-8-16/h4-11,14,20H,12H2,1-3H3,(H,21,24)(H,22,23). The fourth-order valence-corrected chi connectivity index (χ4v) is 2.40. The van der Waals surface area contributed by atoms with E-state index in [1.807, 2.05) is 62.4 Å². The highest BCUT2D eigenvalue weighted by atomic mass is 16.2. The Bertz CT molecular complexity index is 714. The molecule has 0 spiro atoms. The molecule has 0 aliphatic rings. The van der Waals surface area contributed by atoms with E-state index in [-0.39, 0.29) is 24.4 Å². The van der Waals surface area contributed by atoms with Crippen LogP contribution in [-0.2, 0) is 9.59 Å². The second-order valence-electron chi connectivity index (χ2n) is 5.78. The molecule has 2 amide bonds. The summed E-state index contributed by atoms with van der Waals surface area (Å²) in [5.41, 5.74) is 3.50. The molecular weight excluding hydrogens is 302 g/mol. The van der Waals surface area contributed by atoms with Crippen molar-refractivity contribution < 1.29 is 9.59 Å². The number of amides is 2. The quantitative estimate of drug-likeness (QED) is 0.763. The summed E-state index contributed by atoms with van der Waals surface area (Å²) in [6.45, 7) is 5.49. The molecule has 5 heteroatoms. The number of nitrogens with one attached hydrogen (secondary N) is 3. The van der Waals surface area contributed by atoms with E-state index in [4.69, 9.17) is 0 Å². The molecule has 0 aliphatic carbocycles. The zero-order valence-corrected chi connectivity index (χ0v) is 14.2. The van der Waals surface area contributed by atoms with Crippen molar-refractivity contribution in [3.63, 3.8) is 0 Å². The Morgan fingerprint density at radius 2 is 1.75 bits per heavy atom. The van der Waals surface area contributed by atoms with Gasteiger partial charge in [-0.3, -0.25) is 9.59 Å². The predicted octanol–water partition coefficient (Wildman–Crippen LogP) is 3.24. The van der Waals surface area contributed by atoms with Crippen LogP contribution in [0.2, 0.25) is 0 Å². The molecule has 1 unspecified atom stereocenters. The molecule has 2 rings (SSSR count). The summed E-state index contributed by atoms with van der Waals surface area (Å²) < 4.78 is 0. The number of hydrogen-bond acceptors (Lipinski definition) is 3. The van der Waals surface area contributed by atoms with Gasteiger partial charge in [-0.1, -0.05) is 36.4 Å². The molecule has 0 aliphatic heterocycles.